The molecule has 0 amide bonds. The number of carbonyl (C=O) groups is 1. The van der Waals surface area contributed by atoms with Gasteiger partial charge in [-0.25, -0.2) is 4.98 Å². The van der Waals surface area contributed by atoms with Crippen molar-refractivity contribution >= 4 is 28.9 Å². The number of hydrogen-bond donors (Lipinski definition) is 0. The molecule has 5 heteroatoms. The van der Waals surface area contributed by atoms with Crippen molar-refractivity contribution in [1.29, 1.82) is 0 Å². The fraction of sp³-hybridized carbons (Fsp3) is 0.375. The van der Waals surface area contributed by atoms with Gasteiger partial charge in [-0.1, -0.05) is 31.5 Å². The molecule has 2 rings (SSSR count). The Bertz CT molecular complexity index is 637. The van der Waals surface area contributed by atoms with Gasteiger partial charge in [-0.15, -0.1) is 11.3 Å². The van der Waals surface area contributed by atoms with E-state index in [2.05, 4.69) is 18.8 Å². The van der Waals surface area contributed by atoms with E-state index in [1.165, 1.54) is 16.9 Å². The van der Waals surface area contributed by atoms with Crippen molar-refractivity contribution in [3.63, 3.8) is 0 Å². The topological polar surface area (TPSA) is 39.2 Å². The summed E-state index contributed by atoms with van der Waals surface area (Å²) in [5.41, 5.74) is 2.99. The van der Waals surface area contributed by atoms with Crippen LogP contribution in [0.4, 0.5) is 0 Å². The second-order valence-electron chi connectivity index (χ2n) is 5.01. The van der Waals surface area contributed by atoms with E-state index in [1.54, 1.807) is 6.92 Å². The Labute approximate surface area is 133 Å². The first-order valence-electron chi connectivity index (χ1n) is 6.91. The summed E-state index contributed by atoms with van der Waals surface area (Å²) in [6, 6.07) is 5.84. The van der Waals surface area contributed by atoms with Gasteiger partial charge >= 0.3 is 5.97 Å². The van der Waals surface area contributed by atoms with Gasteiger partial charge in [0.25, 0.3) is 0 Å². The maximum Gasteiger partial charge on any atom is 0.311 e. The van der Waals surface area contributed by atoms with E-state index < -0.39 is 0 Å². The largest absolute Gasteiger partial charge is 0.466 e. The molecule has 0 radical (unpaired) electrons. The lowest BCUT2D eigenvalue weighted by Crippen LogP contribution is -2.07. The zero-order valence-electron chi connectivity index (χ0n) is 12.4. The third kappa shape index (κ3) is 4.05. The summed E-state index contributed by atoms with van der Waals surface area (Å²) in [6.07, 6.45) is 0.217. The lowest BCUT2D eigenvalue weighted by Gasteiger charge is -2.11. The number of aromatic nitrogens is 1. The molecule has 1 aromatic carbocycles. The van der Waals surface area contributed by atoms with Gasteiger partial charge in [0.05, 0.1) is 18.7 Å². The van der Waals surface area contributed by atoms with Crippen molar-refractivity contribution < 1.29 is 9.53 Å². The Kier molecular flexibility index (Phi) is 5.37. The number of esters is 1. The maximum atomic E-state index is 11.5. The predicted octanol–water partition coefficient (Wildman–Crippen LogP) is 4.69. The number of benzene rings is 1. The Balaban J connectivity index is 2.27. The van der Waals surface area contributed by atoms with Crippen LogP contribution in [0.15, 0.2) is 23.6 Å². The minimum absolute atomic E-state index is 0.217. The number of rotatable bonds is 5. The highest BCUT2D eigenvalue weighted by Crippen LogP contribution is 2.33. The Hall–Kier alpha value is -1.39. The highest BCUT2D eigenvalue weighted by atomic mass is 35.5. The highest BCUT2D eigenvalue weighted by Gasteiger charge is 2.14. The van der Waals surface area contributed by atoms with E-state index in [4.69, 9.17) is 16.3 Å². The Morgan fingerprint density at radius 1 is 1.43 bits per heavy atom. The molecule has 2 aromatic rings. The van der Waals surface area contributed by atoms with Crippen LogP contribution in [-0.2, 0) is 16.0 Å². The van der Waals surface area contributed by atoms with Gasteiger partial charge in [-0.3, -0.25) is 4.79 Å². The van der Waals surface area contributed by atoms with Crippen LogP contribution in [0, 0.1) is 0 Å². The van der Waals surface area contributed by atoms with Crippen LogP contribution in [0.3, 0.4) is 0 Å². The van der Waals surface area contributed by atoms with Crippen molar-refractivity contribution in [2.24, 2.45) is 0 Å². The van der Waals surface area contributed by atoms with E-state index >= 15 is 0 Å². The maximum absolute atomic E-state index is 11.5. The molecule has 0 bridgehead atoms. The average molecular weight is 324 g/mol. The molecule has 0 aliphatic heterocycles. The Morgan fingerprint density at radius 3 is 2.86 bits per heavy atom. The Morgan fingerprint density at radius 2 is 2.19 bits per heavy atom. The van der Waals surface area contributed by atoms with E-state index in [9.17, 15) is 4.79 Å². The number of thiazole rings is 1. The molecule has 1 heterocycles. The zero-order chi connectivity index (χ0) is 15.4. The van der Waals surface area contributed by atoms with Crippen molar-refractivity contribution in [2.45, 2.75) is 33.1 Å². The summed E-state index contributed by atoms with van der Waals surface area (Å²) >= 11 is 7.62. The lowest BCUT2D eigenvalue weighted by atomic mass is 9.97. The van der Waals surface area contributed by atoms with Gasteiger partial charge in [0.15, 0.2) is 0 Å². The first-order valence-corrected chi connectivity index (χ1v) is 8.16. The molecular weight excluding hydrogens is 306 g/mol. The van der Waals surface area contributed by atoms with Gasteiger partial charge in [-0.2, -0.15) is 0 Å². The summed E-state index contributed by atoms with van der Waals surface area (Å²) in [7, 11) is 0. The molecule has 21 heavy (non-hydrogen) atoms. The summed E-state index contributed by atoms with van der Waals surface area (Å²) in [5.74, 6) is 0.116. The molecule has 1 aromatic heterocycles. The number of ether oxygens (including phenoxy) is 1. The monoisotopic (exact) mass is 323 g/mol. The molecule has 112 valence electrons. The van der Waals surface area contributed by atoms with Gasteiger partial charge in [0.1, 0.15) is 5.01 Å². The lowest BCUT2D eigenvalue weighted by molar-refractivity contribution is -0.142. The molecule has 0 spiro atoms. The molecule has 0 fully saturated rings. The van der Waals surface area contributed by atoms with E-state index in [0.29, 0.717) is 12.5 Å². The van der Waals surface area contributed by atoms with Crippen LogP contribution in [-0.4, -0.2) is 17.6 Å². The number of hydrogen-bond acceptors (Lipinski definition) is 4. The minimum Gasteiger partial charge on any atom is -0.466 e. The zero-order valence-corrected chi connectivity index (χ0v) is 13.9. The van der Waals surface area contributed by atoms with E-state index in [-0.39, 0.29) is 12.4 Å². The van der Waals surface area contributed by atoms with Gasteiger partial charge in [0.2, 0.25) is 0 Å². The second-order valence-corrected chi connectivity index (χ2v) is 6.31. The number of halogens is 1. The van der Waals surface area contributed by atoms with Crippen LogP contribution in [0.25, 0.3) is 10.6 Å². The molecule has 0 unspecified atom stereocenters. The van der Waals surface area contributed by atoms with Crippen LogP contribution >= 0.6 is 22.9 Å². The van der Waals surface area contributed by atoms with Gasteiger partial charge in [-0.05, 0) is 30.5 Å². The third-order valence-electron chi connectivity index (χ3n) is 3.05. The standard InChI is InChI=1S/C16H18ClNO2S/c1-4-20-15(19)8-12-9-21-16(18-12)13-6-5-11(17)7-14(13)10(2)3/h5-7,9-10H,4,8H2,1-3H3. The van der Waals surface area contributed by atoms with Crippen molar-refractivity contribution in [3.8, 4) is 10.6 Å². The molecule has 0 saturated heterocycles. The first kappa shape index (κ1) is 16.0. The molecule has 0 atom stereocenters. The summed E-state index contributed by atoms with van der Waals surface area (Å²) in [5, 5.41) is 3.55. The number of carbonyl (C=O) groups excluding carboxylic acids is 1. The van der Waals surface area contributed by atoms with Crippen LogP contribution < -0.4 is 0 Å². The molecule has 0 saturated carbocycles. The van der Waals surface area contributed by atoms with E-state index in [0.717, 1.165) is 21.3 Å². The summed E-state index contributed by atoms with van der Waals surface area (Å²) in [6.45, 7) is 6.45. The third-order valence-corrected chi connectivity index (χ3v) is 4.21. The van der Waals surface area contributed by atoms with Gasteiger partial charge in [0, 0.05) is 16.0 Å². The normalized spacial score (nSPS) is 10.9. The smallest absolute Gasteiger partial charge is 0.311 e. The van der Waals surface area contributed by atoms with E-state index in [1.807, 2.05) is 23.6 Å². The van der Waals surface area contributed by atoms with Crippen molar-refractivity contribution in [3.05, 3.63) is 39.9 Å². The van der Waals surface area contributed by atoms with Crippen LogP contribution in [0.5, 0.6) is 0 Å². The fourth-order valence-corrected chi connectivity index (χ4v) is 3.12. The fourth-order valence-electron chi connectivity index (χ4n) is 2.08. The summed E-state index contributed by atoms with van der Waals surface area (Å²) < 4.78 is 4.95. The quantitative estimate of drug-likeness (QED) is 0.749. The SMILES string of the molecule is CCOC(=O)Cc1csc(-c2ccc(Cl)cc2C(C)C)n1. The molecule has 0 aliphatic rings. The molecular formula is C16H18ClNO2S. The predicted molar refractivity (Wildman–Crippen MR) is 87.0 cm³/mol. The summed E-state index contributed by atoms with van der Waals surface area (Å²) in [4.78, 5) is 16.1. The van der Waals surface area contributed by atoms with Crippen molar-refractivity contribution in [2.75, 3.05) is 6.61 Å². The first-order chi connectivity index (χ1) is 10.0. The molecule has 0 N–H and O–H groups in total. The minimum atomic E-state index is -0.241. The average Bonchev–Trinajstić information content (AvgIpc) is 2.87. The van der Waals surface area contributed by atoms with Crippen LogP contribution in [0.1, 0.15) is 37.9 Å². The van der Waals surface area contributed by atoms with Gasteiger partial charge < -0.3 is 4.74 Å². The number of nitrogens with zero attached hydrogens (tertiary/aromatic N) is 1. The highest BCUT2D eigenvalue weighted by molar-refractivity contribution is 7.13. The second kappa shape index (κ2) is 7.05. The molecule has 3 nitrogen and oxygen atoms in total. The molecule has 0 aliphatic carbocycles. The van der Waals surface area contributed by atoms with Crippen molar-refractivity contribution in [1.82, 2.24) is 4.98 Å². The van der Waals surface area contributed by atoms with Crippen LogP contribution in [0.2, 0.25) is 5.02 Å².